The van der Waals surface area contributed by atoms with Crippen molar-refractivity contribution in [3.63, 3.8) is 0 Å². The number of hydrazone groups is 1. The Morgan fingerprint density at radius 3 is 2.29 bits per heavy atom. The van der Waals surface area contributed by atoms with Crippen LogP contribution in [-0.2, 0) is 20.9 Å². The molecule has 0 aromatic heterocycles. The molecule has 8 heteroatoms. The van der Waals surface area contributed by atoms with Gasteiger partial charge >= 0.3 is 11.8 Å². The number of nitrogens with one attached hydrogen (secondary N) is 3. The number of carbonyl (C=O) groups excluding carboxylic acids is 3. The zero-order valence-corrected chi connectivity index (χ0v) is 19.9. The van der Waals surface area contributed by atoms with Crippen LogP contribution in [0.3, 0.4) is 0 Å². The molecule has 0 radical (unpaired) electrons. The van der Waals surface area contributed by atoms with E-state index in [0.717, 1.165) is 27.9 Å². The molecular formula is C27H28N4O4. The molecule has 0 saturated heterocycles. The summed E-state index contributed by atoms with van der Waals surface area (Å²) >= 11 is 0. The number of hydrogen-bond donors (Lipinski definition) is 3. The van der Waals surface area contributed by atoms with Crippen molar-refractivity contribution in [2.45, 2.75) is 27.3 Å². The van der Waals surface area contributed by atoms with Gasteiger partial charge in [-0.3, -0.25) is 14.4 Å². The van der Waals surface area contributed by atoms with E-state index in [1.54, 1.807) is 24.3 Å². The summed E-state index contributed by atoms with van der Waals surface area (Å²) in [6, 6.07) is 20.3. The molecule has 0 aliphatic heterocycles. The van der Waals surface area contributed by atoms with Gasteiger partial charge in [0.1, 0.15) is 5.75 Å². The Hall–Kier alpha value is -4.46. The van der Waals surface area contributed by atoms with E-state index in [4.69, 9.17) is 4.74 Å². The minimum absolute atomic E-state index is 0.160. The van der Waals surface area contributed by atoms with Crippen molar-refractivity contribution in [3.05, 3.63) is 94.5 Å². The standard InChI is InChI=1S/C27H28N4O4/c1-18-10-12-21(13-11-18)15-28-26(33)27(34)31-29-16-22-8-5-9-23(14-22)35-17-24(32)30-25-19(2)6-4-7-20(25)3/h4-14,16H,15,17H2,1-3H3,(H,28,33)(H,30,32)(H,31,34)/b29-16-. The van der Waals surface area contributed by atoms with Crippen molar-refractivity contribution < 1.29 is 19.1 Å². The summed E-state index contributed by atoms with van der Waals surface area (Å²) in [5.41, 5.74) is 7.55. The van der Waals surface area contributed by atoms with E-state index in [0.29, 0.717) is 11.3 Å². The fourth-order valence-electron chi connectivity index (χ4n) is 3.21. The van der Waals surface area contributed by atoms with Crippen molar-refractivity contribution in [2.75, 3.05) is 11.9 Å². The van der Waals surface area contributed by atoms with Crippen LogP contribution in [0.5, 0.6) is 5.75 Å². The second-order valence-corrected chi connectivity index (χ2v) is 8.04. The lowest BCUT2D eigenvalue weighted by Gasteiger charge is -2.12. The third-order valence-electron chi connectivity index (χ3n) is 5.13. The Kier molecular flexibility index (Phi) is 8.72. The van der Waals surface area contributed by atoms with Gasteiger partial charge in [0.05, 0.1) is 6.21 Å². The number of carbonyl (C=O) groups is 3. The quantitative estimate of drug-likeness (QED) is 0.265. The molecule has 0 atom stereocenters. The fraction of sp³-hybridized carbons (Fsp3) is 0.185. The number of para-hydroxylation sites is 1. The Labute approximate surface area is 204 Å². The lowest BCUT2D eigenvalue weighted by Crippen LogP contribution is -2.37. The van der Waals surface area contributed by atoms with Gasteiger partial charge in [0.15, 0.2) is 6.61 Å². The van der Waals surface area contributed by atoms with Crippen LogP contribution in [0, 0.1) is 20.8 Å². The zero-order valence-electron chi connectivity index (χ0n) is 19.9. The molecule has 0 unspecified atom stereocenters. The number of aryl methyl sites for hydroxylation is 3. The van der Waals surface area contributed by atoms with E-state index in [1.165, 1.54) is 6.21 Å². The van der Waals surface area contributed by atoms with Crippen LogP contribution < -0.4 is 20.8 Å². The van der Waals surface area contributed by atoms with Gasteiger partial charge in [-0.05, 0) is 55.2 Å². The summed E-state index contributed by atoms with van der Waals surface area (Å²) in [7, 11) is 0. The molecule has 0 aliphatic carbocycles. The summed E-state index contributed by atoms with van der Waals surface area (Å²) in [5.74, 6) is -1.46. The van der Waals surface area contributed by atoms with Crippen molar-refractivity contribution in [2.24, 2.45) is 5.10 Å². The van der Waals surface area contributed by atoms with Crippen LogP contribution in [0.2, 0.25) is 0 Å². The predicted octanol–water partition coefficient (Wildman–Crippen LogP) is 3.40. The van der Waals surface area contributed by atoms with Crippen LogP contribution in [0.1, 0.15) is 27.8 Å². The van der Waals surface area contributed by atoms with E-state index in [2.05, 4.69) is 21.2 Å². The third kappa shape index (κ3) is 7.82. The largest absolute Gasteiger partial charge is 0.484 e. The maximum absolute atomic E-state index is 12.3. The van der Waals surface area contributed by atoms with Gasteiger partial charge in [0.2, 0.25) is 0 Å². The number of nitrogens with zero attached hydrogens (tertiary/aromatic N) is 1. The number of rotatable bonds is 8. The predicted molar refractivity (Wildman–Crippen MR) is 135 cm³/mol. The van der Waals surface area contributed by atoms with Crippen molar-refractivity contribution in [1.82, 2.24) is 10.7 Å². The number of amides is 3. The van der Waals surface area contributed by atoms with Crippen molar-refractivity contribution >= 4 is 29.6 Å². The highest BCUT2D eigenvalue weighted by atomic mass is 16.5. The lowest BCUT2D eigenvalue weighted by molar-refractivity contribution is -0.139. The average molecular weight is 473 g/mol. The summed E-state index contributed by atoms with van der Waals surface area (Å²) in [5, 5.41) is 9.23. The van der Waals surface area contributed by atoms with Gasteiger partial charge in [-0.2, -0.15) is 5.10 Å². The normalized spacial score (nSPS) is 10.6. The highest BCUT2D eigenvalue weighted by molar-refractivity contribution is 6.35. The molecule has 0 aliphatic rings. The van der Waals surface area contributed by atoms with Gasteiger partial charge in [-0.1, -0.05) is 60.2 Å². The molecular weight excluding hydrogens is 444 g/mol. The molecule has 3 aromatic carbocycles. The molecule has 3 amide bonds. The summed E-state index contributed by atoms with van der Waals surface area (Å²) in [6.45, 7) is 5.91. The molecule has 0 fully saturated rings. The van der Waals surface area contributed by atoms with Gasteiger partial charge in [-0.15, -0.1) is 0 Å². The molecule has 0 saturated carbocycles. The van der Waals surface area contributed by atoms with Gasteiger partial charge in [0.25, 0.3) is 5.91 Å². The van der Waals surface area contributed by atoms with Crippen molar-refractivity contribution in [1.29, 1.82) is 0 Å². The molecule has 0 heterocycles. The minimum Gasteiger partial charge on any atom is -0.484 e. The Morgan fingerprint density at radius 2 is 1.57 bits per heavy atom. The molecule has 0 spiro atoms. The number of anilines is 1. The average Bonchev–Trinajstić information content (AvgIpc) is 2.85. The maximum Gasteiger partial charge on any atom is 0.329 e. The highest BCUT2D eigenvalue weighted by Crippen LogP contribution is 2.19. The lowest BCUT2D eigenvalue weighted by atomic mass is 10.1. The molecule has 3 N–H and O–H groups in total. The molecule has 8 nitrogen and oxygen atoms in total. The van der Waals surface area contributed by atoms with Gasteiger partial charge in [-0.25, -0.2) is 5.43 Å². The summed E-state index contributed by atoms with van der Waals surface area (Å²) in [6.07, 6.45) is 1.38. The first-order valence-corrected chi connectivity index (χ1v) is 11.1. The van der Waals surface area contributed by atoms with E-state index >= 15 is 0 Å². The molecule has 180 valence electrons. The van der Waals surface area contributed by atoms with Crippen LogP contribution in [0.4, 0.5) is 5.69 Å². The first-order chi connectivity index (χ1) is 16.8. The van der Waals surface area contributed by atoms with E-state index < -0.39 is 11.8 Å². The third-order valence-corrected chi connectivity index (χ3v) is 5.13. The summed E-state index contributed by atoms with van der Waals surface area (Å²) < 4.78 is 5.58. The summed E-state index contributed by atoms with van der Waals surface area (Å²) in [4.78, 5) is 36.2. The van der Waals surface area contributed by atoms with E-state index in [9.17, 15) is 14.4 Å². The monoisotopic (exact) mass is 472 g/mol. The SMILES string of the molecule is Cc1ccc(CNC(=O)C(=O)N/N=C\c2cccc(OCC(=O)Nc3c(C)cccc3C)c2)cc1. The van der Waals surface area contributed by atoms with Crippen LogP contribution >= 0.6 is 0 Å². The van der Waals surface area contributed by atoms with Crippen LogP contribution in [-0.4, -0.2) is 30.5 Å². The molecule has 35 heavy (non-hydrogen) atoms. The smallest absolute Gasteiger partial charge is 0.329 e. The van der Waals surface area contributed by atoms with E-state index in [1.807, 2.05) is 63.2 Å². The fourth-order valence-corrected chi connectivity index (χ4v) is 3.21. The van der Waals surface area contributed by atoms with Crippen LogP contribution in [0.25, 0.3) is 0 Å². The Bertz CT molecular complexity index is 1220. The van der Waals surface area contributed by atoms with Gasteiger partial charge in [0, 0.05) is 12.2 Å². The topological polar surface area (TPSA) is 109 Å². The maximum atomic E-state index is 12.3. The molecule has 0 bridgehead atoms. The Balaban J connectivity index is 1.46. The second kappa shape index (κ2) is 12.1. The highest BCUT2D eigenvalue weighted by Gasteiger charge is 2.12. The number of hydrogen-bond acceptors (Lipinski definition) is 5. The van der Waals surface area contributed by atoms with Gasteiger partial charge < -0.3 is 15.4 Å². The minimum atomic E-state index is -0.871. The molecule has 3 rings (SSSR count). The Morgan fingerprint density at radius 1 is 0.886 bits per heavy atom. The zero-order chi connectivity index (χ0) is 25.2. The van der Waals surface area contributed by atoms with Crippen LogP contribution in [0.15, 0.2) is 71.8 Å². The number of ether oxygens (including phenoxy) is 1. The first kappa shape index (κ1) is 25.2. The van der Waals surface area contributed by atoms with Crippen molar-refractivity contribution in [3.8, 4) is 5.75 Å². The molecule has 3 aromatic rings. The second-order valence-electron chi connectivity index (χ2n) is 8.04. The van der Waals surface area contributed by atoms with E-state index in [-0.39, 0.29) is 19.1 Å². The first-order valence-electron chi connectivity index (χ1n) is 11.1. The number of benzene rings is 3.